The van der Waals surface area contributed by atoms with Gasteiger partial charge in [0.15, 0.2) is 5.82 Å². The van der Waals surface area contributed by atoms with Crippen LogP contribution in [-0.2, 0) is 17.8 Å². The minimum Gasteiger partial charge on any atom is -0.444 e. The fourth-order valence-electron chi connectivity index (χ4n) is 2.95. The Hall–Kier alpha value is -2.32. The number of halogens is 3. The van der Waals surface area contributed by atoms with Gasteiger partial charge in [-0.05, 0) is 32.9 Å². The van der Waals surface area contributed by atoms with E-state index in [-0.39, 0.29) is 27.8 Å². The third-order valence-corrected chi connectivity index (χ3v) is 4.69. The van der Waals surface area contributed by atoms with Crippen molar-refractivity contribution in [3.05, 3.63) is 39.3 Å². The molecular weight excluding hydrogens is 410 g/mol. The number of amides is 2. The Labute approximate surface area is 171 Å². The predicted molar refractivity (Wildman–Crippen MR) is 103 cm³/mol. The second kappa shape index (κ2) is 7.25. The quantitative estimate of drug-likeness (QED) is 0.735. The molecule has 0 saturated heterocycles. The highest BCUT2D eigenvalue weighted by Crippen LogP contribution is 2.34. The van der Waals surface area contributed by atoms with E-state index < -0.39 is 23.4 Å². The number of hydrogen-bond acceptors (Lipinski definition) is 4. The maximum atomic E-state index is 13.7. The number of primary amides is 1. The Balaban J connectivity index is 2.02. The highest BCUT2D eigenvalue weighted by atomic mass is 35.5. The van der Waals surface area contributed by atoms with Gasteiger partial charge >= 0.3 is 6.09 Å². The summed E-state index contributed by atoms with van der Waals surface area (Å²) in [7, 11) is 0. The Kier molecular flexibility index (Phi) is 5.29. The van der Waals surface area contributed by atoms with Crippen molar-refractivity contribution in [3.63, 3.8) is 0 Å². The first-order chi connectivity index (χ1) is 13.0. The lowest BCUT2D eigenvalue weighted by Crippen LogP contribution is -2.42. The largest absolute Gasteiger partial charge is 0.444 e. The third kappa shape index (κ3) is 3.93. The van der Waals surface area contributed by atoms with Crippen LogP contribution in [0, 0.1) is 5.82 Å². The van der Waals surface area contributed by atoms with Gasteiger partial charge in [-0.2, -0.15) is 5.10 Å². The maximum absolute atomic E-state index is 13.7. The van der Waals surface area contributed by atoms with Gasteiger partial charge in [-0.15, -0.1) is 0 Å². The summed E-state index contributed by atoms with van der Waals surface area (Å²) in [6, 6.07) is 2.66. The van der Waals surface area contributed by atoms with Crippen LogP contribution in [-0.4, -0.2) is 38.8 Å². The van der Waals surface area contributed by atoms with Crippen molar-refractivity contribution in [2.24, 2.45) is 5.73 Å². The minimum absolute atomic E-state index is 0.100. The van der Waals surface area contributed by atoms with Gasteiger partial charge in [0.1, 0.15) is 11.3 Å². The van der Waals surface area contributed by atoms with E-state index in [1.807, 2.05) is 0 Å². The number of nitrogens with two attached hydrogens (primary N) is 1. The van der Waals surface area contributed by atoms with Gasteiger partial charge in [0.25, 0.3) is 5.91 Å². The van der Waals surface area contributed by atoms with Crippen LogP contribution in [0.25, 0.3) is 11.3 Å². The number of aromatic nitrogens is 2. The summed E-state index contributed by atoms with van der Waals surface area (Å²) in [5, 5.41) is 4.03. The highest BCUT2D eigenvalue weighted by Gasteiger charge is 2.32. The number of hydrogen-bond donors (Lipinski definition) is 1. The van der Waals surface area contributed by atoms with Crippen LogP contribution >= 0.6 is 23.2 Å². The fraction of sp³-hybridized carbons (Fsp3) is 0.389. The van der Waals surface area contributed by atoms with Gasteiger partial charge in [0.05, 0.1) is 34.4 Å². The molecule has 1 aromatic heterocycles. The average Bonchev–Trinajstić information content (AvgIpc) is 2.96. The zero-order chi connectivity index (χ0) is 20.8. The number of rotatable bonds is 2. The van der Waals surface area contributed by atoms with Crippen molar-refractivity contribution in [1.82, 2.24) is 14.7 Å². The SMILES string of the molecule is CC(C)(C)OC(=O)N1CCn2nc(-c3cc(Cl)c(F)c(Cl)c3)c(C(N)=O)c2C1. The summed E-state index contributed by atoms with van der Waals surface area (Å²) in [5.41, 5.74) is 6.13. The van der Waals surface area contributed by atoms with Crippen molar-refractivity contribution >= 4 is 35.2 Å². The van der Waals surface area contributed by atoms with E-state index in [9.17, 15) is 14.0 Å². The van der Waals surface area contributed by atoms with E-state index in [0.29, 0.717) is 24.3 Å². The summed E-state index contributed by atoms with van der Waals surface area (Å²) in [6.07, 6.45) is -0.496. The molecule has 0 fully saturated rings. The van der Waals surface area contributed by atoms with Crippen molar-refractivity contribution in [2.75, 3.05) is 6.54 Å². The van der Waals surface area contributed by atoms with E-state index in [2.05, 4.69) is 5.10 Å². The van der Waals surface area contributed by atoms with Gasteiger partial charge in [0, 0.05) is 12.1 Å². The number of fused-ring (bicyclic) bond motifs is 1. The monoisotopic (exact) mass is 428 g/mol. The Morgan fingerprint density at radius 2 is 1.82 bits per heavy atom. The molecule has 1 aliphatic heterocycles. The molecule has 3 rings (SSSR count). The van der Waals surface area contributed by atoms with Gasteiger partial charge in [0.2, 0.25) is 0 Å². The molecule has 2 aromatic rings. The molecule has 0 spiro atoms. The molecule has 7 nitrogen and oxygen atoms in total. The topological polar surface area (TPSA) is 90.4 Å². The number of carbonyl (C=O) groups excluding carboxylic acids is 2. The molecule has 1 aromatic carbocycles. The summed E-state index contributed by atoms with van der Waals surface area (Å²) in [6.45, 7) is 6.11. The molecule has 0 radical (unpaired) electrons. The second-order valence-electron chi connectivity index (χ2n) is 7.41. The molecule has 0 aliphatic carbocycles. The van der Waals surface area contributed by atoms with Crippen LogP contribution in [0.1, 0.15) is 36.8 Å². The van der Waals surface area contributed by atoms with E-state index in [1.54, 1.807) is 25.5 Å². The summed E-state index contributed by atoms with van der Waals surface area (Å²) < 4.78 is 20.7. The zero-order valence-electron chi connectivity index (χ0n) is 15.6. The van der Waals surface area contributed by atoms with Crippen LogP contribution in [0.3, 0.4) is 0 Å². The molecule has 2 N–H and O–H groups in total. The van der Waals surface area contributed by atoms with Crippen molar-refractivity contribution in [1.29, 1.82) is 0 Å². The summed E-state index contributed by atoms with van der Waals surface area (Å²) in [4.78, 5) is 26.0. The molecule has 0 atom stereocenters. The van der Waals surface area contributed by atoms with Crippen LogP contribution in [0.4, 0.5) is 9.18 Å². The van der Waals surface area contributed by atoms with Crippen LogP contribution in [0.2, 0.25) is 10.0 Å². The van der Waals surface area contributed by atoms with E-state index in [1.165, 1.54) is 17.0 Å². The van der Waals surface area contributed by atoms with Crippen LogP contribution < -0.4 is 5.73 Å². The Morgan fingerprint density at radius 3 is 2.36 bits per heavy atom. The number of ether oxygens (including phenoxy) is 1. The third-order valence-electron chi connectivity index (χ3n) is 4.14. The number of carbonyl (C=O) groups is 2. The molecule has 2 heterocycles. The molecule has 1 aliphatic rings. The van der Waals surface area contributed by atoms with Crippen molar-refractivity contribution in [3.8, 4) is 11.3 Å². The molecule has 150 valence electrons. The second-order valence-corrected chi connectivity index (χ2v) is 8.23. The number of benzene rings is 1. The normalized spacial score (nSPS) is 14.0. The van der Waals surface area contributed by atoms with Crippen molar-refractivity contribution < 1.29 is 18.7 Å². The Morgan fingerprint density at radius 1 is 1.21 bits per heavy atom. The molecule has 0 bridgehead atoms. The van der Waals surface area contributed by atoms with E-state index in [4.69, 9.17) is 33.7 Å². The smallest absolute Gasteiger partial charge is 0.410 e. The van der Waals surface area contributed by atoms with E-state index in [0.717, 1.165) is 0 Å². The fourth-order valence-corrected chi connectivity index (χ4v) is 3.44. The molecule has 0 saturated carbocycles. The van der Waals surface area contributed by atoms with Gasteiger partial charge in [-0.25, -0.2) is 9.18 Å². The van der Waals surface area contributed by atoms with E-state index >= 15 is 0 Å². The standard InChI is InChI=1S/C18H19Cl2FN4O3/c1-18(2,3)28-17(27)24-4-5-25-12(8-24)13(16(22)26)15(23-25)9-6-10(19)14(21)11(20)7-9/h6-7H,4-5,8H2,1-3H3,(H2,22,26). The molecule has 28 heavy (non-hydrogen) atoms. The van der Waals surface area contributed by atoms with Crippen LogP contribution in [0.15, 0.2) is 12.1 Å². The van der Waals surface area contributed by atoms with Crippen LogP contribution in [0.5, 0.6) is 0 Å². The molecule has 10 heteroatoms. The molecular formula is C18H19Cl2FN4O3. The summed E-state index contributed by atoms with van der Waals surface area (Å²) >= 11 is 11.7. The van der Waals surface area contributed by atoms with Gasteiger partial charge in [-0.3, -0.25) is 9.48 Å². The maximum Gasteiger partial charge on any atom is 0.410 e. The predicted octanol–water partition coefficient (Wildman–Crippen LogP) is 3.85. The number of nitrogens with zero attached hydrogens (tertiary/aromatic N) is 3. The van der Waals surface area contributed by atoms with Gasteiger partial charge < -0.3 is 15.4 Å². The first-order valence-corrected chi connectivity index (χ1v) is 9.26. The lowest BCUT2D eigenvalue weighted by Gasteiger charge is -2.30. The lowest BCUT2D eigenvalue weighted by molar-refractivity contribution is 0.0193. The van der Waals surface area contributed by atoms with Crippen molar-refractivity contribution in [2.45, 2.75) is 39.5 Å². The highest BCUT2D eigenvalue weighted by molar-refractivity contribution is 6.35. The first-order valence-electron chi connectivity index (χ1n) is 8.50. The van der Waals surface area contributed by atoms with Gasteiger partial charge in [-0.1, -0.05) is 23.2 Å². The minimum atomic E-state index is -0.757. The first kappa shape index (κ1) is 20.4. The lowest BCUT2D eigenvalue weighted by atomic mass is 10.0. The molecule has 0 unspecified atom stereocenters. The average molecular weight is 429 g/mol. The Bertz CT molecular complexity index is 945. The zero-order valence-corrected chi connectivity index (χ0v) is 17.1. The summed E-state index contributed by atoms with van der Waals surface area (Å²) in [5.74, 6) is -1.48. The molecule has 2 amide bonds.